The van der Waals surface area contributed by atoms with Crippen LogP contribution in [-0.2, 0) is 53.8 Å². The van der Waals surface area contributed by atoms with Gasteiger partial charge in [0, 0.05) is 0 Å². The van der Waals surface area contributed by atoms with Crippen molar-refractivity contribution in [2.24, 2.45) is 17.3 Å². The monoisotopic (exact) mass is 902 g/mol. The van der Waals surface area contributed by atoms with Crippen molar-refractivity contribution < 1.29 is 75.4 Å². The third-order valence-electron chi connectivity index (χ3n) is 9.84. The summed E-state index contributed by atoms with van der Waals surface area (Å²) in [5.74, 6) is 1.22. The zero-order chi connectivity index (χ0) is 41.3. The maximum Gasteiger partial charge on any atom is -1.00 e. The summed E-state index contributed by atoms with van der Waals surface area (Å²) in [7, 11) is 0. The molecule has 0 fully saturated rings. The van der Waals surface area contributed by atoms with Crippen LogP contribution in [-0.4, -0.2) is 3.21 Å². The second kappa shape index (κ2) is 19.1. The molecule has 0 N–H and O–H groups in total. The van der Waals surface area contributed by atoms with Gasteiger partial charge in [-0.25, -0.2) is 6.08 Å². The van der Waals surface area contributed by atoms with Crippen molar-refractivity contribution in [1.82, 2.24) is 0 Å². The minimum Gasteiger partial charge on any atom is -1.00 e. The summed E-state index contributed by atoms with van der Waals surface area (Å²) in [6, 6.07) is 24.3. The molecule has 0 saturated carbocycles. The Hall–Kier alpha value is -2.73. The molecule has 306 valence electrons. The Labute approximate surface area is 363 Å². The molecule has 0 saturated heterocycles. The van der Waals surface area contributed by atoms with E-state index < -0.39 is 23.5 Å². The van der Waals surface area contributed by atoms with Gasteiger partial charge in [-0.3, -0.25) is 6.08 Å². The topological polar surface area (TPSA) is 0 Å². The fourth-order valence-electron chi connectivity index (χ4n) is 6.17. The minimum atomic E-state index is -4.41. The Bertz CT molecular complexity index is 1910. The molecule has 6 rings (SSSR count). The standard InChI is InChI=1S/C21H25.C15H8F6.C12H19.2ClH.Zr/c1-20(2,3)16-7-9-18-14(12-16)11-15-13-17(21(4,5)6)8-10-19(15)18;16-14(17,18)12-5-1-10(2-6-12)9-11-3-7-13(8-4-11)15(19,20)21;1-9(2)10-6-7-11(8-10)12(3,4)5;;;/h7-10,12H,11H2,1-6H3;1-8H;7-10H,1-5H3;2*1H;/q-1;;-1;;;+2/p-2. The van der Waals surface area contributed by atoms with Crippen LogP contribution >= 0.6 is 0 Å². The van der Waals surface area contributed by atoms with E-state index in [0.717, 1.165) is 54.9 Å². The van der Waals surface area contributed by atoms with Crippen molar-refractivity contribution in [3.8, 4) is 11.1 Å². The van der Waals surface area contributed by atoms with Crippen molar-refractivity contribution >= 4 is 3.21 Å². The van der Waals surface area contributed by atoms with E-state index in [2.05, 4.69) is 131 Å². The van der Waals surface area contributed by atoms with Crippen molar-refractivity contribution in [2.45, 2.75) is 106 Å². The number of hydrogen-bond acceptors (Lipinski definition) is 0. The summed E-state index contributed by atoms with van der Waals surface area (Å²) in [5.41, 5.74) is 10.0. The van der Waals surface area contributed by atoms with E-state index in [9.17, 15) is 26.3 Å². The number of fused-ring (bicyclic) bond motifs is 3. The summed E-state index contributed by atoms with van der Waals surface area (Å²) in [6.45, 7) is 24.8. The Kier molecular flexibility index (Phi) is 16.9. The first-order chi connectivity index (χ1) is 25.2. The average Bonchev–Trinajstić information content (AvgIpc) is 3.73. The number of alkyl halides is 6. The predicted octanol–water partition coefficient (Wildman–Crippen LogP) is 8.10. The van der Waals surface area contributed by atoms with Crippen LogP contribution in [0.15, 0.2) is 96.6 Å². The maximum atomic E-state index is 12.5. The summed E-state index contributed by atoms with van der Waals surface area (Å²) < 4.78 is 75.6. The fourth-order valence-corrected chi connectivity index (χ4v) is 6.99. The van der Waals surface area contributed by atoms with Gasteiger partial charge in [0.25, 0.3) is 0 Å². The molecular weight excluding hydrogens is 853 g/mol. The normalized spacial score (nSPS) is 14.9. The summed E-state index contributed by atoms with van der Waals surface area (Å²) in [5, 5.41) is 0. The first-order valence-electron chi connectivity index (χ1n) is 18.6. The van der Waals surface area contributed by atoms with E-state index in [1.54, 1.807) is 0 Å². The molecule has 0 amide bonds. The molecular formula is C48H52Cl2F6Zr-2. The third-order valence-corrected chi connectivity index (χ3v) is 11.3. The first kappa shape index (κ1) is 50.4. The number of halogens is 8. The Morgan fingerprint density at radius 3 is 1.44 bits per heavy atom. The second-order valence-corrected chi connectivity index (χ2v) is 19.0. The third kappa shape index (κ3) is 13.4. The van der Waals surface area contributed by atoms with E-state index in [-0.39, 0.29) is 41.1 Å². The van der Waals surface area contributed by atoms with E-state index in [4.69, 9.17) is 0 Å². The van der Waals surface area contributed by atoms with Crippen molar-refractivity contribution in [3.05, 3.63) is 153 Å². The molecule has 4 aromatic rings. The van der Waals surface area contributed by atoms with Crippen LogP contribution in [0.5, 0.6) is 0 Å². The number of benzene rings is 4. The Balaban J connectivity index is 0.000000302. The molecule has 0 aliphatic heterocycles. The van der Waals surface area contributed by atoms with Crippen molar-refractivity contribution in [3.63, 3.8) is 0 Å². The molecule has 0 bridgehead atoms. The van der Waals surface area contributed by atoms with Crippen LogP contribution in [0.3, 0.4) is 0 Å². The van der Waals surface area contributed by atoms with Crippen LogP contribution in [0.1, 0.15) is 121 Å². The summed E-state index contributed by atoms with van der Waals surface area (Å²) >= 11 is 0.898. The maximum absolute atomic E-state index is 12.5. The zero-order valence-electron chi connectivity index (χ0n) is 34.5. The molecule has 4 aromatic carbocycles. The van der Waals surface area contributed by atoms with E-state index >= 15 is 0 Å². The number of rotatable bonds is 3. The van der Waals surface area contributed by atoms with Crippen LogP contribution in [0, 0.1) is 29.4 Å². The van der Waals surface area contributed by atoms with Gasteiger partial charge in [0.2, 0.25) is 0 Å². The van der Waals surface area contributed by atoms with Crippen molar-refractivity contribution in [2.75, 3.05) is 0 Å². The zero-order valence-corrected chi connectivity index (χ0v) is 38.5. The Morgan fingerprint density at radius 2 is 1.07 bits per heavy atom. The molecule has 0 spiro atoms. The van der Waals surface area contributed by atoms with Gasteiger partial charge in [-0.15, -0.1) is 11.1 Å². The van der Waals surface area contributed by atoms with Crippen LogP contribution in [0.25, 0.3) is 11.1 Å². The molecule has 2 aliphatic rings. The van der Waals surface area contributed by atoms with Gasteiger partial charge < -0.3 is 24.8 Å². The number of allylic oxidation sites excluding steroid dienone is 4. The molecule has 57 heavy (non-hydrogen) atoms. The molecule has 2 aliphatic carbocycles. The Morgan fingerprint density at radius 1 is 0.614 bits per heavy atom. The SMILES string of the molecule is CC(C)(C)c1[c-]c2c(cc1)-c1ccc(C(C)(C)C)cc1C2.CC(C)C1[C-]=CC(C(C)(C)C)=C1.FC(F)(F)c1ccc([C](=[Zr+2])c2ccc(C(F)(F)F)cc2)cc1.[Cl-].[Cl-]. The van der Waals surface area contributed by atoms with Crippen LogP contribution in [0.4, 0.5) is 26.3 Å². The van der Waals surface area contributed by atoms with Gasteiger partial charge in [0.15, 0.2) is 0 Å². The second-order valence-electron chi connectivity index (χ2n) is 17.8. The van der Waals surface area contributed by atoms with Gasteiger partial charge in [-0.05, 0) is 28.4 Å². The molecule has 0 nitrogen and oxygen atoms in total. The van der Waals surface area contributed by atoms with Crippen LogP contribution in [0.2, 0.25) is 0 Å². The van der Waals surface area contributed by atoms with Gasteiger partial charge in [-0.1, -0.05) is 117 Å². The molecule has 0 heterocycles. The van der Waals surface area contributed by atoms with E-state index in [1.807, 2.05) is 0 Å². The summed E-state index contributed by atoms with van der Waals surface area (Å²) in [6.07, 6.45) is 0.114. The van der Waals surface area contributed by atoms with Gasteiger partial charge >= 0.3 is 137 Å². The molecule has 1 atom stereocenters. The minimum absolute atomic E-state index is 0. The van der Waals surface area contributed by atoms with E-state index in [1.165, 1.54) is 63.2 Å². The van der Waals surface area contributed by atoms with E-state index in [0.29, 0.717) is 26.2 Å². The average molecular weight is 905 g/mol. The quantitative estimate of drug-likeness (QED) is 0.127. The largest absolute Gasteiger partial charge is 1.00 e. The van der Waals surface area contributed by atoms with Crippen molar-refractivity contribution in [1.29, 1.82) is 0 Å². The van der Waals surface area contributed by atoms with Gasteiger partial charge in [0.05, 0.1) is 0 Å². The van der Waals surface area contributed by atoms with Gasteiger partial charge in [-0.2, -0.15) is 35.4 Å². The molecule has 0 radical (unpaired) electrons. The molecule has 9 heteroatoms. The van der Waals surface area contributed by atoms with Crippen LogP contribution < -0.4 is 24.8 Å². The first-order valence-corrected chi connectivity index (χ1v) is 19.8. The smallest absolute Gasteiger partial charge is 1.00 e. The predicted molar refractivity (Wildman–Crippen MR) is 211 cm³/mol. The fraction of sp³-hybridized carbons (Fsp3) is 0.396. The molecule has 1 unspecified atom stereocenters. The number of hydrogen-bond donors (Lipinski definition) is 0. The molecule has 0 aromatic heterocycles. The van der Waals surface area contributed by atoms with Gasteiger partial charge in [0.1, 0.15) is 0 Å². The summed E-state index contributed by atoms with van der Waals surface area (Å²) in [4.78, 5) is 0.